The molecule has 18 heavy (non-hydrogen) atoms. The van der Waals surface area contributed by atoms with Crippen LogP contribution in [0.2, 0.25) is 0 Å². The van der Waals surface area contributed by atoms with Gasteiger partial charge in [-0.1, -0.05) is 24.3 Å². The molecular formula is C13H13NO4. The van der Waals surface area contributed by atoms with Crippen molar-refractivity contribution in [3.8, 4) is 0 Å². The number of carbonyl (C=O) groups excluding carboxylic acids is 2. The summed E-state index contributed by atoms with van der Waals surface area (Å²) in [5, 5.41) is 0. The van der Waals surface area contributed by atoms with E-state index in [0.717, 1.165) is 5.56 Å². The van der Waals surface area contributed by atoms with Crippen molar-refractivity contribution < 1.29 is 19.1 Å². The molecule has 0 bridgehead atoms. The summed E-state index contributed by atoms with van der Waals surface area (Å²) in [7, 11) is 2.45. The van der Waals surface area contributed by atoms with Crippen molar-refractivity contribution in [2.45, 2.75) is 6.42 Å². The lowest BCUT2D eigenvalue weighted by Crippen LogP contribution is -2.28. The summed E-state index contributed by atoms with van der Waals surface area (Å²) < 4.78 is 9.13. The van der Waals surface area contributed by atoms with E-state index in [-0.39, 0.29) is 6.42 Å². The number of esters is 2. The zero-order valence-corrected chi connectivity index (χ0v) is 10.2. The largest absolute Gasteiger partial charge is 0.468 e. The molecule has 94 valence electrons. The molecule has 1 aromatic rings. The Kier molecular flexibility index (Phi) is 4.88. The number of carbonyl (C=O) groups is 2. The molecule has 1 rings (SSSR count). The van der Waals surface area contributed by atoms with Crippen molar-refractivity contribution in [1.29, 1.82) is 0 Å². The highest BCUT2D eigenvalue weighted by atomic mass is 16.5. The van der Waals surface area contributed by atoms with Gasteiger partial charge < -0.3 is 9.47 Å². The van der Waals surface area contributed by atoms with E-state index in [2.05, 4.69) is 14.3 Å². The quantitative estimate of drug-likeness (QED) is 0.462. The maximum Gasteiger partial charge on any atom is 0.320 e. The van der Waals surface area contributed by atoms with Crippen LogP contribution in [0.4, 0.5) is 5.69 Å². The van der Waals surface area contributed by atoms with Crippen molar-refractivity contribution in [2.75, 3.05) is 14.2 Å². The van der Waals surface area contributed by atoms with E-state index in [0.29, 0.717) is 5.69 Å². The highest BCUT2D eigenvalue weighted by Gasteiger charge is 2.28. The van der Waals surface area contributed by atoms with Crippen LogP contribution in [-0.4, -0.2) is 26.2 Å². The van der Waals surface area contributed by atoms with Gasteiger partial charge in [-0.05, 0) is 12.0 Å². The Morgan fingerprint density at radius 1 is 1.17 bits per heavy atom. The average molecular weight is 247 g/mol. The van der Waals surface area contributed by atoms with Crippen LogP contribution in [0.25, 0.3) is 4.85 Å². The van der Waals surface area contributed by atoms with Gasteiger partial charge in [-0.2, -0.15) is 0 Å². The van der Waals surface area contributed by atoms with Crippen molar-refractivity contribution in [1.82, 2.24) is 0 Å². The van der Waals surface area contributed by atoms with Gasteiger partial charge in [0.1, 0.15) is 0 Å². The van der Waals surface area contributed by atoms with Crippen molar-refractivity contribution >= 4 is 17.6 Å². The van der Waals surface area contributed by atoms with Crippen LogP contribution in [0.5, 0.6) is 0 Å². The third-order valence-corrected chi connectivity index (χ3v) is 2.48. The maximum absolute atomic E-state index is 11.5. The van der Waals surface area contributed by atoms with E-state index >= 15 is 0 Å². The fraction of sp³-hybridized carbons (Fsp3) is 0.308. The van der Waals surface area contributed by atoms with E-state index in [1.54, 1.807) is 24.3 Å². The summed E-state index contributed by atoms with van der Waals surface area (Å²) >= 11 is 0. The number of methoxy groups -OCH3 is 2. The molecule has 0 aliphatic carbocycles. The standard InChI is InChI=1S/C13H13NO4/c1-14-10-6-4-9(5-7-10)8-11(12(15)17-2)13(16)18-3/h4-7,11H,8H2,2-3H3. The Labute approximate surface area is 105 Å². The zero-order valence-electron chi connectivity index (χ0n) is 10.2. The molecule has 5 heteroatoms. The number of hydrogen-bond donors (Lipinski definition) is 0. The first-order chi connectivity index (χ1) is 8.62. The van der Waals surface area contributed by atoms with Crippen LogP contribution >= 0.6 is 0 Å². The van der Waals surface area contributed by atoms with E-state index in [4.69, 9.17) is 6.57 Å². The molecule has 0 aliphatic heterocycles. The first-order valence-electron chi connectivity index (χ1n) is 5.24. The fourth-order valence-electron chi connectivity index (χ4n) is 1.49. The number of benzene rings is 1. The molecule has 0 unspecified atom stereocenters. The number of rotatable bonds is 4. The Hall–Kier alpha value is -2.35. The molecule has 0 spiro atoms. The highest BCUT2D eigenvalue weighted by molar-refractivity contribution is 5.95. The van der Waals surface area contributed by atoms with Gasteiger partial charge in [0.15, 0.2) is 11.6 Å². The minimum atomic E-state index is -0.973. The lowest BCUT2D eigenvalue weighted by atomic mass is 9.99. The fourth-order valence-corrected chi connectivity index (χ4v) is 1.49. The SMILES string of the molecule is [C-]#[N+]c1ccc(CC(C(=O)OC)C(=O)OC)cc1. The Morgan fingerprint density at radius 2 is 1.67 bits per heavy atom. The summed E-state index contributed by atoms with van der Waals surface area (Å²) in [6, 6.07) is 6.67. The number of ether oxygens (including phenoxy) is 2. The smallest absolute Gasteiger partial charge is 0.320 e. The molecular weight excluding hydrogens is 234 g/mol. The average Bonchev–Trinajstić information content (AvgIpc) is 2.43. The van der Waals surface area contributed by atoms with Crippen LogP contribution in [0.3, 0.4) is 0 Å². The van der Waals surface area contributed by atoms with Crippen LogP contribution in [-0.2, 0) is 25.5 Å². The van der Waals surface area contributed by atoms with Crippen LogP contribution in [0.1, 0.15) is 5.56 Å². The van der Waals surface area contributed by atoms with Crippen LogP contribution in [0, 0.1) is 12.5 Å². The van der Waals surface area contributed by atoms with E-state index in [1.165, 1.54) is 14.2 Å². The second-order valence-corrected chi connectivity index (χ2v) is 3.58. The van der Waals surface area contributed by atoms with E-state index in [9.17, 15) is 9.59 Å². The Bertz CT molecular complexity index is 457. The van der Waals surface area contributed by atoms with E-state index in [1.807, 2.05) is 0 Å². The minimum Gasteiger partial charge on any atom is -0.468 e. The molecule has 0 N–H and O–H groups in total. The van der Waals surface area contributed by atoms with Crippen molar-refractivity contribution in [2.24, 2.45) is 5.92 Å². The van der Waals surface area contributed by atoms with Gasteiger partial charge in [-0.3, -0.25) is 9.59 Å². The Morgan fingerprint density at radius 3 is 2.06 bits per heavy atom. The third kappa shape index (κ3) is 3.32. The van der Waals surface area contributed by atoms with Gasteiger partial charge >= 0.3 is 11.9 Å². The van der Waals surface area contributed by atoms with Gasteiger partial charge in [-0.25, -0.2) is 4.85 Å². The summed E-state index contributed by atoms with van der Waals surface area (Å²) in [5.41, 5.74) is 1.27. The van der Waals surface area contributed by atoms with Crippen LogP contribution < -0.4 is 0 Å². The maximum atomic E-state index is 11.5. The number of nitrogens with zero attached hydrogens (tertiary/aromatic N) is 1. The predicted molar refractivity (Wildman–Crippen MR) is 63.9 cm³/mol. The molecule has 0 saturated heterocycles. The van der Waals surface area contributed by atoms with Gasteiger partial charge in [0.25, 0.3) is 0 Å². The third-order valence-electron chi connectivity index (χ3n) is 2.48. The summed E-state index contributed by atoms with van der Waals surface area (Å²) in [6.45, 7) is 6.83. The molecule has 0 fully saturated rings. The van der Waals surface area contributed by atoms with Gasteiger partial charge in [0.2, 0.25) is 0 Å². The van der Waals surface area contributed by atoms with Gasteiger partial charge in [0, 0.05) is 0 Å². The van der Waals surface area contributed by atoms with Gasteiger partial charge in [0.05, 0.1) is 20.8 Å². The summed E-state index contributed by atoms with van der Waals surface area (Å²) in [6.07, 6.45) is 0.192. The lowest BCUT2D eigenvalue weighted by molar-refractivity contribution is -0.158. The molecule has 0 atom stereocenters. The molecule has 0 radical (unpaired) electrons. The van der Waals surface area contributed by atoms with Crippen molar-refractivity contribution in [3.05, 3.63) is 41.2 Å². The lowest BCUT2D eigenvalue weighted by Gasteiger charge is -2.12. The molecule has 0 heterocycles. The topological polar surface area (TPSA) is 57.0 Å². The zero-order chi connectivity index (χ0) is 13.5. The Balaban J connectivity index is 2.86. The summed E-state index contributed by atoms with van der Waals surface area (Å²) in [5.74, 6) is -2.23. The number of hydrogen-bond acceptors (Lipinski definition) is 4. The molecule has 0 aromatic heterocycles. The molecule has 0 amide bonds. The molecule has 0 aliphatic rings. The van der Waals surface area contributed by atoms with Crippen LogP contribution in [0.15, 0.2) is 24.3 Å². The molecule has 0 saturated carbocycles. The highest BCUT2D eigenvalue weighted by Crippen LogP contribution is 2.17. The second kappa shape index (κ2) is 6.40. The molecule has 1 aromatic carbocycles. The van der Waals surface area contributed by atoms with E-state index < -0.39 is 17.9 Å². The normalized spacial score (nSPS) is 9.67. The summed E-state index contributed by atoms with van der Waals surface area (Å²) in [4.78, 5) is 26.2. The monoisotopic (exact) mass is 247 g/mol. The van der Waals surface area contributed by atoms with Crippen molar-refractivity contribution in [3.63, 3.8) is 0 Å². The van der Waals surface area contributed by atoms with Gasteiger partial charge in [-0.15, -0.1) is 0 Å². The minimum absolute atomic E-state index is 0.192. The second-order valence-electron chi connectivity index (χ2n) is 3.58. The molecule has 5 nitrogen and oxygen atoms in total. The first-order valence-corrected chi connectivity index (χ1v) is 5.24. The predicted octanol–water partition coefficient (Wildman–Crippen LogP) is 1.74. The first kappa shape index (κ1) is 13.7.